The highest BCUT2D eigenvalue weighted by Gasteiger charge is 2.20. The molecule has 6 heteroatoms. The molecule has 21 heavy (non-hydrogen) atoms. The highest BCUT2D eigenvalue weighted by Crippen LogP contribution is 2.07. The number of nitrogens with one attached hydrogen (secondary N) is 1. The molecule has 1 rings (SSSR count). The first-order chi connectivity index (χ1) is 9.97. The van der Waals surface area contributed by atoms with E-state index in [1.165, 1.54) is 11.0 Å². The summed E-state index contributed by atoms with van der Waals surface area (Å²) in [5.41, 5.74) is 1.30. The molecule has 2 N–H and O–H groups in total. The van der Waals surface area contributed by atoms with Crippen molar-refractivity contribution in [1.29, 1.82) is 5.26 Å². The molecular formula is C15H17N3O3. The van der Waals surface area contributed by atoms with Crippen LogP contribution in [0.3, 0.4) is 0 Å². The molecule has 0 aromatic heterocycles. The van der Waals surface area contributed by atoms with Crippen molar-refractivity contribution < 1.29 is 14.7 Å². The number of nitriles is 1. The van der Waals surface area contributed by atoms with E-state index in [1.54, 1.807) is 31.3 Å². The summed E-state index contributed by atoms with van der Waals surface area (Å²) in [5.74, 6) is -1.11. The van der Waals surface area contributed by atoms with Crippen LogP contribution in [-0.2, 0) is 11.3 Å². The molecule has 0 aliphatic carbocycles. The third-order valence-electron chi connectivity index (χ3n) is 2.82. The second kappa shape index (κ2) is 7.70. The maximum atomic E-state index is 11.9. The molecule has 1 unspecified atom stereocenters. The molecule has 0 radical (unpaired) electrons. The fraction of sp³-hybridized carbons (Fsp3) is 0.267. The monoisotopic (exact) mass is 287 g/mol. The number of carbonyl (C=O) groups is 2. The molecule has 0 spiro atoms. The average molecular weight is 287 g/mol. The third-order valence-corrected chi connectivity index (χ3v) is 2.82. The summed E-state index contributed by atoms with van der Waals surface area (Å²) in [4.78, 5) is 24.3. The van der Waals surface area contributed by atoms with Crippen molar-refractivity contribution in [2.75, 3.05) is 7.05 Å². The van der Waals surface area contributed by atoms with Gasteiger partial charge >= 0.3 is 12.0 Å². The van der Waals surface area contributed by atoms with Gasteiger partial charge in [-0.05, 0) is 24.1 Å². The van der Waals surface area contributed by atoms with E-state index in [0.717, 1.165) is 5.56 Å². The Morgan fingerprint density at radius 2 is 2.29 bits per heavy atom. The van der Waals surface area contributed by atoms with Crippen molar-refractivity contribution in [3.8, 4) is 6.07 Å². The van der Waals surface area contributed by atoms with Crippen LogP contribution in [0.5, 0.6) is 0 Å². The van der Waals surface area contributed by atoms with E-state index in [-0.39, 0.29) is 13.0 Å². The standard InChI is InChI=1S/C15H17N3O3/c1-3-5-13(14(19)20)17-15(21)18(2)10-12-7-4-6-11(8-12)9-16/h3-4,6-8,13H,1,5,10H2,2H3,(H,17,21)(H,19,20). The molecule has 0 aliphatic heterocycles. The molecule has 1 aromatic rings. The van der Waals surface area contributed by atoms with E-state index in [2.05, 4.69) is 11.9 Å². The van der Waals surface area contributed by atoms with E-state index >= 15 is 0 Å². The number of hydrogen-bond acceptors (Lipinski definition) is 3. The van der Waals surface area contributed by atoms with Crippen LogP contribution in [0.1, 0.15) is 17.5 Å². The number of rotatable bonds is 6. The second-order valence-corrected chi connectivity index (χ2v) is 4.53. The molecule has 0 saturated carbocycles. The smallest absolute Gasteiger partial charge is 0.326 e. The van der Waals surface area contributed by atoms with Gasteiger partial charge < -0.3 is 15.3 Å². The zero-order valence-corrected chi connectivity index (χ0v) is 11.7. The Morgan fingerprint density at radius 1 is 1.57 bits per heavy atom. The van der Waals surface area contributed by atoms with Gasteiger partial charge in [0.1, 0.15) is 6.04 Å². The van der Waals surface area contributed by atoms with Gasteiger partial charge in [-0.15, -0.1) is 6.58 Å². The lowest BCUT2D eigenvalue weighted by atomic mass is 10.1. The Hall–Kier alpha value is -2.81. The number of benzene rings is 1. The fourth-order valence-corrected chi connectivity index (χ4v) is 1.73. The van der Waals surface area contributed by atoms with Crippen molar-refractivity contribution in [1.82, 2.24) is 10.2 Å². The quantitative estimate of drug-likeness (QED) is 0.779. The summed E-state index contributed by atoms with van der Waals surface area (Å²) in [6.07, 6.45) is 1.59. The second-order valence-electron chi connectivity index (χ2n) is 4.53. The van der Waals surface area contributed by atoms with E-state index in [0.29, 0.717) is 5.56 Å². The minimum absolute atomic E-state index is 0.152. The van der Waals surface area contributed by atoms with Crippen LogP contribution in [0.2, 0.25) is 0 Å². The summed E-state index contributed by atoms with van der Waals surface area (Å²) < 4.78 is 0. The molecule has 1 aromatic carbocycles. The van der Waals surface area contributed by atoms with Gasteiger partial charge in [0.05, 0.1) is 11.6 Å². The van der Waals surface area contributed by atoms with Crippen molar-refractivity contribution in [3.63, 3.8) is 0 Å². The summed E-state index contributed by atoms with van der Waals surface area (Å²) in [6.45, 7) is 3.74. The number of carboxylic acid groups (broad SMARTS) is 1. The van der Waals surface area contributed by atoms with Crippen LogP contribution < -0.4 is 5.32 Å². The molecule has 0 heterocycles. The number of urea groups is 1. The first-order valence-corrected chi connectivity index (χ1v) is 6.32. The molecule has 6 nitrogen and oxygen atoms in total. The molecular weight excluding hydrogens is 270 g/mol. The van der Waals surface area contributed by atoms with Crippen LogP contribution in [0.4, 0.5) is 4.79 Å². The van der Waals surface area contributed by atoms with Gasteiger partial charge in [0.15, 0.2) is 0 Å². The minimum atomic E-state index is -1.11. The van der Waals surface area contributed by atoms with Crippen molar-refractivity contribution in [3.05, 3.63) is 48.0 Å². The maximum absolute atomic E-state index is 11.9. The Bertz CT molecular complexity index is 578. The summed E-state index contributed by atoms with van der Waals surface area (Å²) in [7, 11) is 1.56. The Labute approximate surface area is 123 Å². The topological polar surface area (TPSA) is 93.4 Å². The largest absolute Gasteiger partial charge is 0.480 e. The molecule has 0 bridgehead atoms. The Kier molecular flexibility index (Phi) is 5.96. The van der Waals surface area contributed by atoms with Gasteiger partial charge in [0.25, 0.3) is 0 Å². The van der Waals surface area contributed by atoms with Crippen molar-refractivity contribution in [2.45, 2.75) is 19.0 Å². The molecule has 2 amide bonds. The first-order valence-electron chi connectivity index (χ1n) is 6.32. The van der Waals surface area contributed by atoms with Crippen LogP contribution in [0.15, 0.2) is 36.9 Å². The predicted molar refractivity (Wildman–Crippen MR) is 77.4 cm³/mol. The number of aliphatic carboxylic acids is 1. The van der Waals surface area contributed by atoms with Gasteiger partial charge in [-0.1, -0.05) is 18.2 Å². The molecule has 1 atom stereocenters. The van der Waals surface area contributed by atoms with Crippen LogP contribution in [0, 0.1) is 11.3 Å². The van der Waals surface area contributed by atoms with Gasteiger partial charge in [0, 0.05) is 13.6 Å². The lowest BCUT2D eigenvalue weighted by Gasteiger charge is -2.21. The van der Waals surface area contributed by atoms with E-state index in [1.807, 2.05) is 6.07 Å². The number of carbonyl (C=O) groups excluding carboxylic acids is 1. The van der Waals surface area contributed by atoms with Crippen molar-refractivity contribution in [2.24, 2.45) is 0 Å². The zero-order valence-electron chi connectivity index (χ0n) is 11.7. The summed E-state index contributed by atoms with van der Waals surface area (Å²) >= 11 is 0. The number of nitrogens with zero attached hydrogens (tertiary/aromatic N) is 2. The van der Waals surface area contributed by atoms with Gasteiger partial charge in [-0.3, -0.25) is 0 Å². The highest BCUT2D eigenvalue weighted by molar-refractivity contribution is 5.82. The minimum Gasteiger partial charge on any atom is -0.480 e. The van der Waals surface area contributed by atoms with E-state index in [4.69, 9.17) is 10.4 Å². The summed E-state index contributed by atoms with van der Waals surface area (Å²) in [6, 6.07) is 7.42. The summed E-state index contributed by atoms with van der Waals surface area (Å²) in [5, 5.41) is 20.2. The third kappa shape index (κ3) is 4.99. The van der Waals surface area contributed by atoms with Gasteiger partial charge in [-0.25, -0.2) is 9.59 Å². The predicted octanol–water partition coefficient (Wildman–Crippen LogP) is 1.73. The van der Waals surface area contributed by atoms with Crippen LogP contribution in [0.25, 0.3) is 0 Å². The van der Waals surface area contributed by atoms with Crippen molar-refractivity contribution >= 4 is 12.0 Å². The number of carboxylic acids is 1. The van der Waals surface area contributed by atoms with E-state index in [9.17, 15) is 9.59 Å². The van der Waals surface area contributed by atoms with Crippen LogP contribution in [-0.4, -0.2) is 35.1 Å². The zero-order chi connectivity index (χ0) is 15.8. The Morgan fingerprint density at radius 3 is 2.86 bits per heavy atom. The Balaban J connectivity index is 2.67. The molecule has 0 aliphatic rings. The first kappa shape index (κ1) is 16.2. The van der Waals surface area contributed by atoms with Gasteiger partial charge in [-0.2, -0.15) is 5.26 Å². The molecule has 110 valence electrons. The highest BCUT2D eigenvalue weighted by atomic mass is 16.4. The van der Waals surface area contributed by atoms with E-state index < -0.39 is 18.0 Å². The average Bonchev–Trinajstić information content (AvgIpc) is 2.46. The number of hydrogen-bond donors (Lipinski definition) is 2. The van der Waals surface area contributed by atoms with Gasteiger partial charge in [0.2, 0.25) is 0 Å². The van der Waals surface area contributed by atoms with Crippen LogP contribution >= 0.6 is 0 Å². The molecule has 0 fully saturated rings. The molecule has 0 saturated heterocycles. The lowest BCUT2D eigenvalue weighted by Crippen LogP contribution is -2.46. The SMILES string of the molecule is C=CCC(NC(=O)N(C)Cc1cccc(C#N)c1)C(=O)O. The number of amides is 2. The lowest BCUT2D eigenvalue weighted by molar-refractivity contribution is -0.139. The normalized spacial score (nSPS) is 11.0. The fourth-order valence-electron chi connectivity index (χ4n) is 1.73. The maximum Gasteiger partial charge on any atom is 0.326 e.